The monoisotopic (exact) mass is 378 g/mol. The van der Waals surface area contributed by atoms with Gasteiger partial charge in [-0.1, -0.05) is 16.8 Å². The molecule has 1 fully saturated rings. The largest absolute Gasteiger partial charge is 0.376 e. The number of urea groups is 1. The molecular weight excluding hydrogens is 360 g/mol. The first-order valence-electron chi connectivity index (χ1n) is 8.23. The Labute approximate surface area is 155 Å². The van der Waals surface area contributed by atoms with Crippen LogP contribution in [0.4, 0.5) is 16.3 Å². The zero-order chi connectivity index (χ0) is 18.4. The zero-order valence-electron chi connectivity index (χ0n) is 14.0. The number of amides is 3. The molecule has 1 unspecified atom stereocenters. The molecule has 1 aliphatic heterocycles. The van der Waals surface area contributed by atoms with Crippen LogP contribution in [0.5, 0.6) is 0 Å². The van der Waals surface area contributed by atoms with Crippen molar-refractivity contribution in [2.45, 2.75) is 18.9 Å². The average molecular weight is 379 g/mol. The summed E-state index contributed by atoms with van der Waals surface area (Å²) in [6.45, 7) is 0.861. The summed E-state index contributed by atoms with van der Waals surface area (Å²) in [5.74, 6) is -0.0756. The Kier molecular flexibility index (Phi) is 6.08. The van der Waals surface area contributed by atoms with Crippen LogP contribution in [0, 0.1) is 0 Å². The highest BCUT2D eigenvalue weighted by Crippen LogP contribution is 2.16. The van der Waals surface area contributed by atoms with Crippen molar-refractivity contribution in [1.29, 1.82) is 0 Å². The van der Waals surface area contributed by atoms with Gasteiger partial charge in [0.25, 0.3) is 0 Å². The number of benzene rings is 1. The SMILES string of the molecule is O=C(CN(CC1CCCO1)C(=O)Nc1ccc(Cl)cc1)Nc1ccon1. The van der Waals surface area contributed by atoms with Gasteiger partial charge < -0.3 is 24.8 Å². The van der Waals surface area contributed by atoms with E-state index in [1.54, 1.807) is 24.3 Å². The van der Waals surface area contributed by atoms with E-state index in [2.05, 4.69) is 20.3 Å². The Bertz CT molecular complexity index is 730. The highest BCUT2D eigenvalue weighted by molar-refractivity contribution is 6.30. The van der Waals surface area contributed by atoms with Gasteiger partial charge in [0.15, 0.2) is 5.82 Å². The highest BCUT2D eigenvalue weighted by atomic mass is 35.5. The molecule has 0 spiro atoms. The average Bonchev–Trinajstić information content (AvgIpc) is 3.30. The van der Waals surface area contributed by atoms with Crippen LogP contribution in [0.25, 0.3) is 0 Å². The molecular formula is C17H19ClN4O4. The van der Waals surface area contributed by atoms with Crippen molar-refractivity contribution in [3.63, 3.8) is 0 Å². The Morgan fingerprint density at radius 3 is 2.69 bits per heavy atom. The summed E-state index contributed by atoms with van der Waals surface area (Å²) in [7, 11) is 0. The minimum absolute atomic E-state index is 0.0779. The second-order valence-electron chi connectivity index (χ2n) is 5.89. The van der Waals surface area contributed by atoms with E-state index in [0.29, 0.717) is 29.7 Å². The molecule has 3 rings (SSSR count). The predicted molar refractivity (Wildman–Crippen MR) is 96.2 cm³/mol. The maximum Gasteiger partial charge on any atom is 0.322 e. The van der Waals surface area contributed by atoms with Crippen LogP contribution in [0.2, 0.25) is 5.02 Å². The summed E-state index contributed by atoms with van der Waals surface area (Å²) in [6.07, 6.45) is 3.08. The molecule has 1 atom stereocenters. The van der Waals surface area contributed by atoms with Crippen LogP contribution in [0.3, 0.4) is 0 Å². The number of carbonyl (C=O) groups is 2. The molecule has 3 amide bonds. The maximum atomic E-state index is 12.6. The minimum atomic E-state index is -0.391. The van der Waals surface area contributed by atoms with Crippen molar-refractivity contribution in [1.82, 2.24) is 10.1 Å². The predicted octanol–water partition coefficient (Wildman–Crippen LogP) is 2.98. The summed E-state index contributed by atoms with van der Waals surface area (Å²) in [4.78, 5) is 26.3. The smallest absolute Gasteiger partial charge is 0.322 e. The van der Waals surface area contributed by atoms with E-state index in [0.717, 1.165) is 12.8 Å². The molecule has 1 saturated heterocycles. The Morgan fingerprint density at radius 2 is 2.04 bits per heavy atom. The normalized spacial score (nSPS) is 16.3. The summed E-state index contributed by atoms with van der Waals surface area (Å²) in [5, 5.41) is 9.55. The number of carbonyl (C=O) groups excluding carboxylic acids is 2. The molecule has 0 bridgehead atoms. The van der Waals surface area contributed by atoms with Gasteiger partial charge in [-0.05, 0) is 37.1 Å². The first-order valence-corrected chi connectivity index (χ1v) is 8.61. The molecule has 8 nitrogen and oxygen atoms in total. The van der Waals surface area contributed by atoms with Gasteiger partial charge in [0.05, 0.1) is 6.10 Å². The van der Waals surface area contributed by atoms with E-state index in [1.807, 2.05) is 0 Å². The molecule has 1 aromatic carbocycles. The van der Waals surface area contributed by atoms with E-state index in [9.17, 15) is 9.59 Å². The number of aromatic nitrogens is 1. The van der Waals surface area contributed by atoms with Gasteiger partial charge in [-0.2, -0.15) is 0 Å². The van der Waals surface area contributed by atoms with Crippen molar-refractivity contribution in [3.05, 3.63) is 41.6 Å². The lowest BCUT2D eigenvalue weighted by molar-refractivity contribution is -0.117. The molecule has 1 aliphatic rings. The van der Waals surface area contributed by atoms with Crippen LogP contribution in [0.15, 0.2) is 41.1 Å². The molecule has 0 aliphatic carbocycles. The Morgan fingerprint density at radius 1 is 1.23 bits per heavy atom. The quantitative estimate of drug-likeness (QED) is 0.805. The third kappa shape index (κ3) is 5.21. The van der Waals surface area contributed by atoms with E-state index in [4.69, 9.17) is 16.3 Å². The van der Waals surface area contributed by atoms with Crippen LogP contribution in [0.1, 0.15) is 12.8 Å². The first kappa shape index (κ1) is 18.2. The number of ether oxygens (including phenoxy) is 1. The van der Waals surface area contributed by atoms with Gasteiger partial charge in [-0.25, -0.2) is 4.79 Å². The van der Waals surface area contributed by atoms with Gasteiger partial charge in [-0.3, -0.25) is 4.79 Å². The molecule has 2 heterocycles. The van der Waals surface area contributed by atoms with E-state index in [-0.39, 0.29) is 18.6 Å². The van der Waals surface area contributed by atoms with Crippen LogP contribution in [-0.2, 0) is 9.53 Å². The number of anilines is 2. The number of nitrogens with one attached hydrogen (secondary N) is 2. The number of halogens is 1. The van der Waals surface area contributed by atoms with Crippen LogP contribution in [-0.4, -0.2) is 47.8 Å². The fraction of sp³-hybridized carbons (Fsp3) is 0.353. The molecule has 1 aromatic heterocycles. The number of hydrogen-bond acceptors (Lipinski definition) is 5. The second-order valence-corrected chi connectivity index (χ2v) is 6.32. The summed E-state index contributed by atoms with van der Waals surface area (Å²) in [5.41, 5.74) is 0.591. The Hall–Kier alpha value is -2.58. The van der Waals surface area contributed by atoms with Crippen LogP contribution >= 0.6 is 11.6 Å². The molecule has 2 aromatic rings. The second kappa shape index (κ2) is 8.68. The third-order valence-electron chi connectivity index (χ3n) is 3.87. The van der Waals surface area contributed by atoms with Crippen LogP contribution < -0.4 is 10.6 Å². The highest BCUT2D eigenvalue weighted by Gasteiger charge is 2.24. The molecule has 2 N–H and O–H groups in total. The fourth-order valence-corrected chi connectivity index (χ4v) is 2.75. The Balaban J connectivity index is 1.63. The van der Waals surface area contributed by atoms with E-state index in [1.165, 1.54) is 17.2 Å². The van der Waals surface area contributed by atoms with Gasteiger partial charge in [0.1, 0.15) is 12.8 Å². The van der Waals surface area contributed by atoms with Crippen molar-refractivity contribution >= 4 is 35.0 Å². The number of rotatable bonds is 6. The van der Waals surface area contributed by atoms with Gasteiger partial charge in [0, 0.05) is 29.9 Å². The molecule has 9 heteroatoms. The van der Waals surface area contributed by atoms with Crippen molar-refractivity contribution in [2.75, 3.05) is 30.3 Å². The summed E-state index contributed by atoms with van der Waals surface area (Å²) < 4.78 is 10.3. The van der Waals surface area contributed by atoms with Crippen molar-refractivity contribution in [2.24, 2.45) is 0 Å². The lowest BCUT2D eigenvalue weighted by atomic mass is 10.2. The lowest BCUT2D eigenvalue weighted by Gasteiger charge is -2.25. The maximum absolute atomic E-state index is 12.6. The van der Waals surface area contributed by atoms with Crippen molar-refractivity contribution < 1.29 is 18.8 Å². The molecule has 0 saturated carbocycles. The number of nitrogens with zero attached hydrogens (tertiary/aromatic N) is 2. The van der Waals surface area contributed by atoms with Gasteiger partial charge >= 0.3 is 6.03 Å². The molecule has 26 heavy (non-hydrogen) atoms. The fourth-order valence-electron chi connectivity index (χ4n) is 2.62. The topological polar surface area (TPSA) is 96.7 Å². The third-order valence-corrected chi connectivity index (χ3v) is 4.12. The van der Waals surface area contributed by atoms with E-state index < -0.39 is 6.03 Å². The first-order chi connectivity index (χ1) is 12.6. The minimum Gasteiger partial charge on any atom is -0.376 e. The standard InChI is InChI=1S/C17H19ClN4O4/c18-12-3-5-13(6-4-12)19-17(24)22(10-14-2-1-8-25-14)11-16(23)20-15-7-9-26-21-15/h3-7,9,14H,1-2,8,10-11H2,(H,19,24)(H,20,21,23). The zero-order valence-corrected chi connectivity index (χ0v) is 14.7. The molecule has 138 valence electrons. The van der Waals surface area contributed by atoms with Gasteiger partial charge in [0.2, 0.25) is 5.91 Å². The number of hydrogen-bond donors (Lipinski definition) is 2. The summed E-state index contributed by atoms with van der Waals surface area (Å²) >= 11 is 5.85. The van der Waals surface area contributed by atoms with E-state index >= 15 is 0 Å². The van der Waals surface area contributed by atoms with Crippen molar-refractivity contribution in [3.8, 4) is 0 Å². The summed E-state index contributed by atoms with van der Waals surface area (Å²) in [6, 6.07) is 7.88. The molecule has 0 radical (unpaired) electrons. The lowest BCUT2D eigenvalue weighted by Crippen LogP contribution is -2.44. The van der Waals surface area contributed by atoms with Gasteiger partial charge in [-0.15, -0.1) is 0 Å².